The van der Waals surface area contributed by atoms with Crippen molar-refractivity contribution >= 4 is 17.4 Å². The molecule has 0 aliphatic heterocycles. The minimum atomic E-state index is 0.179. The lowest BCUT2D eigenvalue weighted by atomic mass is 9.80. The fourth-order valence-electron chi connectivity index (χ4n) is 1.47. The van der Waals surface area contributed by atoms with Crippen LogP contribution < -0.4 is 0 Å². The fourth-order valence-corrected chi connectivity index (χ4v) is 1.68. The Morgan fingerprint density at radius 1 is 1.54 bits per heavy atom. The van der Waals surface area contributed by atoms with Crippen molar-refractivity contribution in [3.05, 3.63) is 29.0 Å². The van der Waals surface area contributed by atoms with Crippen molar-refractivity contribution in [2.24, 2.45) is 5.92 Å². The highest BCUT2D eigenvalue weighted by Gasteiger charge is 2.27. The van der Waals surface area contributed by atoms with Gasteiger partial charge < -0.3 is 0 Å². The number of ketones is 1. The van der Waals surface area contributed by atoms with Crippen molar-refractivity contribution in [1.82, 2.24) is 4.98 Å². The third kappa shape index (κ3) is 1.59. The fraction of sp³-hybridized carbons (Fsp3) is 0.400. The zero-order valence-corrected chi connectivity index (χ0v) is 7.92. The summed E-state index contributed by atoms with van der Waals surface area (Å²) < 4.78 is 0. The summed E-state index contributed by atoms with van der Waals surface area (Å²) in [7, 11) is 0. The molecule has 68 valence electrons. The Balaban J connectivity index is 2.24. The molecule has 0 unspecified atom stereocenters. The van der Waals surface area contributed by atoms with Gasteiger partial charge in [-0.3, -0.25) is 9.78 Å². The molecule has 13 heavy (non-hydrogen) atoms. The first-order valence-electron chi connectivity index (χ1n) is 4.43. The van der Waals surface area contributed by atoms with Gasteiger partial charge in [0.05, 0.1) is 5.02 Å². The smallest absolute Gasteiger partial charge is 0.167 e. The van der Waals surface area contributed by atoms with E-state index in [0.29, 0.717) is 10.6 Å². The highest BCUT2D eigenvalue weighted by atomic mass is 35.5. The molecule has 0 radical (unpaired) electrons. The third-order valence-corrected chi connectivity index (χ3v) is 2.82. The van der Waals surface area contributed by atoms with Crippen LogP contribution in [0.5, 0.6) is 0 Å². The molecule has 1 saturated carbocycles. The molecule has 1 aliphatic rings. The summed E-state index contributed by atoms with van der Waals surface area (Å²) in [6, 6.07) is 1.70. The second kappa shape index (κ2) is 3.46. The summed E-state index contributed by atoms with van der Waals surface area (Å²) in [6.07, 6.45) is 6.32. The molecule has 0 saturated heterocycles. The van der Waals surface area contributed by atoms with Gasteiger partial charge in [-0.15, -0.1) is 0 Å². The van der Waals surface area contributed by atoms with Crippen molar-refractivity contribution in [1.29, 1.82) is 0 Å². The van der Waals surface area contributed by atoms with E-state index in [1.807, 2.05) is 0 Å². The van der Waals surface area contributed by atoms with Crippen LogP contribution in [0.15, 0.2) is 18.5 Å². The minimum Gasteiger partial charge on any atom is -0.294 e. The number of rotatable bonds is 2. The first-order chi connectivity index (χ1) is 6.29. The Bertz CT molecular complexity index is 333. The molecular weight excluding hydrogens is 186 g/mol. The number of nitrogens with zero attached hydrogens (tertiary/aromatic N) is 1. The highest BCUT2D eigenvalue weighted by molar-refractivity contribution is 6.33. The lowest BCUT2D eigenvalue weighted by Crippen LogP contribution is -2.22. The molecular formula is C10H10ClNO. The zero-order chi connectivity index (χ0) is 9.26. The van der Waals surface area contributed by atoms with Gasteiger partial charge in [0.2, 0.25) is 0 Å². The highest BCUT2D eigenvalue weighted by Crippen LogP contribution is 2.31. The molecule has 1 aromatic heterocycles. The van der Waals surface area contributed by atoms with Crippen LogP contribution in [0.4, 0.5) is 0 Å². The number of carbonyl (C=O) groups excluding carboxylic acids is 1. The van der Waals surface area contributed by atoms with Gasteiger partial charge in [-0.1, -0.05) is 18.0 Å². The molecule has 0 atom stereocenters. The predicted molar refractivity (Wildman–Crippen MR) is 50.9 cm³/mol. The maximum atomic E-state index is 11.7. The van der Waals surface area contributed by atoms with Gasteiger partial charge in [-0.2, -0.15) is 0 Å². The largest absolute Gasteiger partial charge is 0.294 e. The Morgan fingerprint density at radius 3 is 2.85 bits per heavy atom. The summed E-state index contributed by atoms with van der Waals surface area (Å²) in [4.78, 5) is 15.6. The lowest BCUT2D eigenvalue weighted by molar-refractivity contribution is 0.0855. The molecule has 0 bridgehead atoms. The average Bonchev–Trinajstić information content (AvgIpc) is 2.01. The molecule has 0 aromatic carbocycles. The van der Waals surface area contributed by atoms with E-state index in [0.717, 1.165) is 12.8 Å². The Labute approximate surface area is 81.9 Å². The van der Waals surface area contributed by atoms with Crippen LogP contribution in [0.1, 0.15) is 29.6 Å². The third-order valence-electron chi connectivity index (χ3n) is 2.51. The van der Waals surface area contributed by atoms with E-state index in [2.05, 4.69) is 4.98 Å². The van der Waals surface area contributed by atoms with Crippen LogP contribution in [0.3, 0.4) is 0 Å². The van der Waals surface area contributed by atoms with E-state index in [9.17, 15) is 4.79 Å². The van der Waals surface area contributed by atoms with E-state index < -0.39 is 0 Å². The van der Waals surface area contributed by atoms with Crippen LogP contribution in [0.25, 0.3) is 0 Å². The van der Waals surface area contributed by atoms with Gasteiger partial charge in [0, 0.05) is 23.9 Å². The number of hydrogen-bond acceptors (Lipinski definition) is 2. The van der Waals surface area contributed by atoms with Gasteiger partial charge in [0.1, 0.15) is 0 Å². The number of pyridine rings is 1. The normalized spacial score (nSPS) is 16.7. The zero-order valence-electron chi connectivity index (χ0n) is 7.16. The average molecular weight is 196 g/mol. The van der Waals surface area contributed by atoms with Crippen LogP contribution >= 0.6 is 11.6 Å². The Hall–Kier alpha value is -0.890. The van der Waals surface area contributed by atoms with Gasteiger partial charge >= 0.3 is 0 Å². The predicted octanol–water partition coefficient (Wildman–Crippen LogP) is 2.72. The molecule has 1 heterocycles. The van der Waals surface area contributed by atoms with Crippen LogP contribution in [-0.2, 0) is 0 Å². The summed E-state index contributed by atoms with van der Waals surface area (Å²) in [5.74, 6) is 0.388. The van der Waals surface area contributed by atoms with E-state index in [1.165, 1.54) is 12.6 Å². The maximum absolute atomic E-state index is 11.7. The van der Waals surface area contributed by atoms with Gasteiger partial charge in [0.15, 0.2) is 5.78 Å². The molecule has 1 aliphatic carbocycles. The second-order valence-corrected chi connectivity index (χ2v) is 3.75. The lowest BCUT2D eigenvalue weighted by Gasteiger charge is -2.23. The molecule has 3 heteroatoms. The van der Waals surface area contributed by atoms with E-state index >= 15 is 0 Å². The van der Waals surface area contributed by atoms with Gasteiger partial charge in [0.25, 0.3) is 0 Å². The monoisotopic (exact) mass is 195 g/mol. The van der Waals surface area contributed by atoms with Crippen molar-refractivity contribution in [3.63, 3.8) is 0 Å². The summed E-state index contributed by atoms with van der Waals surface area (Å²) in [5, 5.41) is 0.472. The summed E-state index contributed by atoms with van der Waals surface area (Å²) in [6.45, 7) is 0. The number of aromatic nitrogens is 1. The standard InChI is InChI=1S/C10H10ClNO/c11-9-6-12-5-4-8(9)10(13)7-2-1-3-7/h4-7H,1-3H2. The van der Waals surface area contributed by atoms with E-state index in [1.54, 1.807) is 12.3 Å². The van der Waals surface area contributed by atoms with Crippen LogP contribution in [0.2, 0.25) is 5.02 Å². The first kappa shape index (κ1) is 8.70. The SMILES string of the molecule is O=C(c1ccncc1Cl)C1CCC1. The first-order valence-corrected chi connectivity index (χ1v) is 4.80. The number of carbonyl (C=O) groups is 1. The topological polar surface area (TPSA) is 30.0 Å². The van der Waals surface area contributed by atoms with Crippen LogP contribution in [0, 0.1) is 5.92 Å². The van der Waals surface area contributed by atoms with E-state index in [4.69, 9.17) is 11.6 Å². The van der Waals surface area contributed by atoms with Crippen LogP contribution in [-0.4, -0.2) is 10.8 Å². The number of Topliss-reactive ketones (excluding diaryl/α,β-unsaturated/α-hetero) is 1. The number of hydrogen-bond donors (Lipinski definition) is 0. The summed E-state index contributed by atoms with van der Waals surface area (Å²) in [5.41, 5.74) is 0.626. The molecule has 0 spiro atoms. The van der Waals surface area contributed by atoms with Gasteiger partial charge in [-0.05, 0) is 18.9 Å². The summed E-state index contributed by atoms with van der Waals surface area (Å²) >= 11 is 5.86. The molecule has 2 rings (SSSR count). The van der Waals surface area contributed by atoms with Crippen molar-refractivity contribution in [2.75, 3.05) is 0 Å². The maximum Gasteiger partial charge on any atom is 0.167 e. The van der Waals surface area contributed by atoms with E-state index in [-0.39, 0.29) is 11.7 Å². The number of halogens is 1. The Morgan fingerprint density at radius 2 is 2.31 bits per heavy atom. The van der Waals surface area contributed by atoms with Crippen molar-refractivity contribution < 1.29 is 4.79 Å². The van der Waals surface area contributed by atoms with Crippen molar-refractivity contribution in [3.8, 4) is 0 Å². The molecule has 0 amide bonds. The second-order valence-electron chi connectivity index (χ2n) is 3.35. The Kier molecular flexibility index (Phi) is 2.32. The molecule has 0 N–H and O–H groups in total. The minimum absolute atomic E-state index is 0.179. The molecule has 1 aromatic rings. The van der Waals surface area contributed by atoms with Gasteiger partial charge in [-0.25, -0.2) is 0 Å². The van der Waals surface area contributed by atoms with Crippen molar-refractivity contribution in [2.45, 2.75) is 19.3 Å². The molecule has 1 fully saturated rings. The quantitative estimate of drug-likeness (QED) is 0.680. The molecule has 2 nitrogen and oxygen atoms in total.